The Kier molecular flexibility index (Phi) is 24.9. The molecule has 3 fully saturated rings. The molecule has 89 heavy (non-hydrogen) atoms. The van der Waals surface area contributed by atoms with Crippen molar-refractivity contribution in [3.8, 4) is 0 Å². The second kappa shape index (κ2) is 32.8. The molecule has 25 nitrogen and oxygen atoms in total. The Hall–Kier alpha value is -8.97. The molecule has 0 bridgehead atoms. The molecule has 1 aliphatic carbocycles. The first-order chi connectivity index (χ1) is 42.8. The monoisotopic (exact) mass is 1230 g/mol. The number of aliphatic carboxylic acids is 1. The Morgan fingerprint density at radius 1 is 0.652 bits per heavy atom. The summed E-state index contributed by atoms with van der Waals surface area (Å²) in [5, 5.41) is 38.5. The number of fused-ring (bicyclic) bond motifs is 2. The lowest BCUT2D eigenvalue weighted by atomic mass is 9.84. The maximum Gasteiger partial charge on any atom is 0.326 e. The summed E-state index contributed by atoms with van der Waals surface area (Å²) in [5.74, 6) is -7.51. The molecule has 14 N–H and O–H groups in total. The van der Waals surface area contributed by atoms with Crippen molar-refractivity contribution < 1.29 is 58.2 Å². The fourth-order valence-electron chi connectivity index (χ4n) is 12.3. The van der Waals surface area contributed by atoms with Gasteiger partial charge in [0.25, 0.3) is 0 Å². The lowest BCUT2D eigenvalue weighted by Gasteiger charge is -2.37. The van der Waals surface area contributed by atoms with E-state index in [0.29, 0.717) is 42.4 Å². The number of likely N-dealkylation sites (N-methyl/N-ethyl adjacent to an activating group) is 1. The summed E-state index contributed by atoms with van der Waals surface area (Å²) in [5.41, 5.74) is 18.8. The summed E-state index contributed by atoms with van der Waals surface area (Å²) in [4.78, 5) is 148. The second-order valence-electron chi connectivity index (χ2n) is 23.2. The van der Waals surface area contributed by atoms with Crippen LogP contribution in [0.15, 0.2) is 108 Å². The van der Waals surface area contributed by atoms with E-state index in [4.69, 9.17) is 17.2 Å². The zero-order valence-electron chi connectivity index (χ0n) is 50.5. The van der Waals surface area contributed by atoms with Gasteiger partial charge in [0.1, 0.15) is 48.3 Å². The van der Waals surface area contributed by atoms with Gasteiger partial charge in [-0.3, -0.25) is 48.1 Å². The van der Waals surface area contributed by atoms with Crippen LogP contribution in [0.3, 0.4) is 0 Å². The molecular formula is C64H85N13O12. The third-order valence-electron chi connectivity index (χ3n) is 16.9. The van der Waals surface area contributed by atoms with Gasteiger partial charge in [-0.1, -0.05) is 116 Å². The molecule has 2 heterocycles. The summed E-state index contributed by atoms with van der Waals surface area (Å²) < 4.78 is 0. The van der Waals surface area contributed by atoms with Gasteiger partial charge in [-0.25, -0.2) is 4.79 Å². The normalized spacial score (nSPS) is 19.0. The number of nitrogens with one attached hydrogen (secondary N) is 6. The minimum Gasteiger partial charge on any atom is -0.480 e. The highest BCUT2D eigenvalue weighted by Gasteiger charge is 2.51. The van der Waals surface area contributed by atoms with Gasteiger partial charge in [0, 0.05) is 52.4 Å². The van der Waals surface area contributed by atoms with Gasteiger partial charge in [-0.15, -0.1) is 0 Å². The number of amides is 9. The van der Waals surface area contributed by atoms with Gasteiger partial charge in [-0.2, -0.15) is 0 Å². The third kappa shape index (κ3) is 18.5. The number of nitrogens with zero attached hydrogens (tertiary/aromatic N) is 4. The van der Waals surface area contributed by atoms with Gasteiger partial charge >= 0.3 is 5.97 Å². The van der Waals surface area contributed by atoms with Crippen LogP contribution >= 0.6 is 0 Å². The van der Waals surface area contributed by atoms with Gasteiger partial charge in [0.05, 0.1) is 13.2 Å². The van der Waals surface area contributed by atoms with Gasteiger partial charge in [0.2, 0.25) is 53.2 Å². The molecule has 10 atom stereocenters. The van der Waals surface area contributed by atoms with Crippen molar-refractivity contribution in [2.24, 2.45) is 28.1 Å². The van der Waals surface area contributed by atoms with Crippen LogP contribution in [0, 0.1) is 5.92 Å². The van der Waals surface area contributed by atoms with Crippen molar-refractivity contribution in [1.29, 1.82) is 0 Å². The standard InChI is InChI=1S/C64H85N13O12/c1-39(79)70-46(26-14-30-65)56(81)71-47(27-15-31-68-64(66)67)61(86)77-51-28-12-10-22-44(51)36-54(77)62(87)76-32-16-29-52(76)59(84)69-37-55(80)75(2)53(34-41-19-7-4-8-20-41)60(85)74-50(38-78)58(83)72-48(35-43-24-13-23-42-21-9-11-25-45(42)43)57(82)73-49(63(88)89)33-40-17-5-3-6-18-40/h3-9,11,13,17-21,23-25,44,46-54,78H,10,12,14-16,22,26-38,65H2,1-2H3,(H,69,84)(H,70,79)(H,71,81)(H,72,83)(H,73,82)(H,74,85)(H,88,89)(H4,66,67,68)/t44-,46-,47-,48+,49-,50-,51-,52-,53-,54-/m0/s1. The highest BCUT2D eigenvalue weighted by atomic mass is 16.4. The van der Waals surface area contributed by atoms with E-state index >= 15 is 4.79 Å². The SMILES string of the molecule is CC(=O)N[C@@H](CCCN)C(=O)N[C@@H](CCCN=C(N)N)C(=O)N1[C@H](C(=O)N2CCC[C@H]2C(=O)NCC(=O)N(C)[C@@H](Cc2ccccc2)C(=O)N[C@@H](CO)C(=O)N[C@H](Cc2cccc3ccccc23)C(=O)N[C@@H](Cc2ccccc2)C(=O)O)C[C@@H]2CCCC[C@@H]21. The average molecular weight is 1230 g/mol. The number of carbonyl (C=O) groups is 10. The molecule has 0 unspecified atom stereocenters. The number of hydrogen-bond donors (Lipinski definition) is 11. The molecule has 1 saturated carbocycles. The fraction of sp³-hybridized carbons (Fsp3) is 0.484. The van der Waals surface area contributed by atoms with Crippen LogP contribution in [0.4, 0.5) is 0 Å². The molecule has 0 spiro atoms. The Labute approximate surface area is 517 Å². The van der Waals surface area contributed by atoms with E-state index in [1.54, 1.807) is 77.7 Å². The second-order valence-corrected chi connectivity index (χ2v) is 23.2. The van der Waals surface area contributed by atoms with Gasteiger partial charge in [-0.05, 0) is 97.7 Å². The number of carboxylic acid groups (broad SMARTS) is 1. The molecule has 3 aliphatic rings. The van der Waals surface area contributed by atoms with Crippen LogP contribution in [-0.4, -0.2) is 184 Å². The molecule has 478 valence electrons. The van der Waals surface area contributed by atoms with Crippen molar-refractivity contribution in [2.45, 2.75) is 151 Å². The number of carbonyl (C=O) groups excluding carboxylic acids is 9. The van der Waals surface area contributed by atoms with Crippen LogP contribution in [-0.2, 0) is 67.2 Å². The Morgan fingerprint density at radius 2 is 1.26 bits per heavy atom. The largest absolute Gasteiger partial charge is 0.480 e. The highest BCUT2D eigenvalue weighted by Crippen LogP contribution is 2.41. The van der Waals surface area contributed by atoms with E-state index in [2.05, 4.69) is 36.9 Å². The van der Waals surface area contributed by atoms with E-state index in [1.165, 1.54) is 18.9 Å². The number of hydrogen-bond acceptors (Lipinski definition) is 13. The lowest BCUT2D eigenvalue weighted by molar-refractivity contribution is -0.150. The zero-order chi connectivity index (χ0) is 64.1. The van der Waals surface area contributed by atoms with E-state index in [9.17, 15) is 53.4 Å². The summed E-state index contributed by atoms with van der Waals surface area (Å²) in [7, 11) is 1.35. The van der Waals surface area contributed by atoms with Crippen LogP contribution in [0.1, 0.15) is 94.2 Å². The number of aliphatic imine (C=N–C) groups is 1. The molecule has 0 aromatic heterocycles. The van der Waals surface area contributed by atoms with Crippen molar-refractivity contribution in [3.05, 3.63) is 120 Å². The van der Waals surface area contributed by atoms with Gasteiger partial charge in [0.15, 0.2) is 5.96 Å². The quantitative estimate of drug-likeness (QED) is 0.0190. The Balaban J connectivity index is 1.05. The van der Waals surface area contributed by atoms with Crippen LogP contribution in [0.25, 0.3) is 10.8 Å². The number of benzene rings is 4. The summed E-state index contributed by atoms with van der Waals surface area (Å²) in [6.45, 7) is 0.311. The van der Waals surface area contributed by atoms with Crippen LogP contribution < -0.4 is 49.1 Å². The molecule has 2 saturated heterocycles. The molecule has 7 rings (SSSR count). The number of guanidine groups is 1. The van der Waals surface area contributed by atoms with Crippen LogP contribution in [0.5, 0.6) is 0 Å². The molecule has 25 heteroatoms. The first kappa shape index (κ1) is 67.5. The van der Waals surface area contributed by atoms with Gasteiger partial charge < -0.3 is 74.0 Å². The summed E-state index contributed by atoms with van der Waals surface area (Å²) in [6.07, 6.45) is 4.86. The van der Waals surface area contributed by atoms with Crippen molar-refractivity contribution in [1.82, 2.24) is 46.6 Å². The number of rotatable bonds is 30. The van der Waals surface area contributed by atoms with E-state index < -0.39 is 121 Å². The van der Waals surface area contributed by atoms with E-state index in [1.807, 2.05) is 30.3 Å². The first-order valence-corrected chi connectivity index (χ1v) is 30.6. The molecular weight excluding hydrogens is 1140 g/mol. The predicted octanol–water partition coefficient (Wildman–Crippen LogP) is 0.275. The van der Waals surface area contributed by atoms with E-state index in [0.717, 1.165) is 34.9 Å². The molecule has 2 aliphatic heterocycles. The smallest absolute Gasteiger partial charge is 0.326 e. The van der Waals surface area contributed by atoms with Crippen molar-refractivity contribution in [3.63, 3.8) is 0 Å². The highest BCUT2D eigenvalue weighted by molar-refractivity contribution is 5.99. The third-order valence-corrected chi connectivity index (χ3v) is 16.9. The lowest BCUT2D eigenvalue weighted by Crippen LogP contribution is -2.60. The molecule has 4 aromatic rings. The fourth-order valence-corrected chi connectivity index (χ4v) is 12.3. The summed E-state index contributed by atoms with van der Waals surface area (Å²) >= 11 is 0. The zero-order valence-corrected chi connectivity index (χ0v) is 50.5. The number of nitrogens with two attached hydrogens (primary N) is 3. The minimum atomic E-state index is -1.68. The molecule has 9 amide bonds. The number of carboxylic acids is 1. The molecule has 0 radical (unpaired) electrons. The van der Waals surface area contributed by atoms with Crippen LogP contribution in [0.2, 0.25) is 0 Å². The number of likely N-dealkylation sites (tertiary alicyclic amines) is 2. The van der Waals surface area contributed by atoms with E-state index in [-0.39, 0.29) is 82.5 Å². The van der Waals surface area contributed by atoms with Crippen molar-refractivity contribution >= 4 is 75.9 Å². The maximum absolute atomic E-state index is 15.0. The number of aliphatic hydroxyl groups excluding tert-OH is 1. The maximum atomic E-state index is 15.0. The molecule has 4 aromatic carbocycles. The average Bonchev–Trinajstić information content (AvgIpc) is 1.80. The Bertz CT molecular complexity index is 3160. The minimum absolute atomic E-state index is 0.0319. The first-order valence-electron chi connectivity index (χ1n) is 30.6. The Morgan fingerprint density at radius 3 is 1.93 bits per heavy atom. The van der Waals surface area contributed by atoms with Crippen molar-refractivity contribution in [2.75, 3.05) is 39.8 Å². The number of aliphatic hydroxyl groups is 1. The predicted molar refractivity (Wildman–Crippen MR) is 331 cm³/mol. The topological polar surface area (TPSA) is 383 Å². The summed E-state index contributed by atoms with van der Waals surface area (Å²) in [6, 6.07) is 19.9.